The number of anilines is 1. The lowest BCUT2D eigenvalue weighted by Crippen LogP contribution is -2.32. The van der Waals surface area contributed by atoms with Gasteiger partial charge >= 0.3 is 0 Å². The molecule has 7 nitrogen and oxygen atoms in total. The van der Waals surface area contributed by atoms with Gasteiger partial charge in [-0.2, -0.15) is 4.31 Å². The molecule has 2 aromatic carbocycles. The smallest absolute Gasteiger partial charge is 0.260 e. The van der Waals surface area contributed by atoms with E-state index in [1.54, 1.807) is 45.9 Å². The number of aromatic nitrogens is 2. The van der Waals surface area contributed by atoms with Gasteiger partial charge in [-0.15, -0.1) is 0 Å². The zero-order valence-corrected chi connectivity index (χ0v) is 23.3. The highest BCUT2D eigenvalue weighted by atomic mass is 32.2. The number of carbonyl (C=O) groups excluding carboxylic acids is 1. The van der Waals surface area contributed by atoms with E-state index in [1.165, 1.54) is 11.3 Å². The first-order valence-corrected chi connectivity index (χ1v) is 15.3. The average molecular weight is 549 g/mol. The number of nitrogens with zero attached hydrogens (tertiary/aromatic N) is 4. The lowest BCUT2D eigenvalue weighted by Gasteiger charge is -2.21. The highest BCUT2D eigenvalue weighted by molar-refractivity contribution is 7.89. The van der Waals surface area contributed by atoms with E-state index in [4.69, 9.17) is 4.98 Å². The molecule has 0 aliphatic carbocycles. The van der Waals surface area contributed by atoms with Crippen molar-refractivity contribution in [3.63, 3.8) is 0 Å². The number of para-hydroxylation sites is 1. The van der Waals surface area contributed by atoms with E-state index in [-0.39, 0.29) is 10.8 Å². The molecule has 1 aliphatic rings. The minimum absolute atomic E-state index is 0.219. The predicted octanol–water partition coefficient (Wildman–Crippen LogP) is 6.23. The lowest BCUT2D eigenvalue weighted by molar-refractivity contribution is 0.0985. The number of fused-ring (bicyclic) bond motifs is 1. The van der Waals surface area contributed by atoms with Gasteiger partial charge in [0.05, 0.1) is 21.7 Å². The highest BCUT2D eigenvalue weighted by Crippen LogP contribution is 2.35. The number of benzene rings is 2. The highest BCUT2D eigenvalue weighted by Gasteiger charge is 2.27. The van der Waals surface area contributed by atoms with Crippen LogP contribution in [0.4, 0.5) is 5.13 Å². The fourth-order valence-corrected chi connectivity index (χ4v) is 7.31. The predicted molar refractivity (Wildman–Crippen MR) is 152 cm³/mol. The fourth-order valence-electron chi connectivity index (χ4n) is 4.80. The number of carbonyl (C=O) groups is 1. The number of sulfonamides is 1. The second-order valence-corrected chi connectivity index (χ2v) is 12.9. The first kappa shape index (κ1) is 26.5. The molecule has 0 spiro atoms. The molecule has 1 amide bonds. The molecule has 38 heavy (non-hydrogen) atoms. The van der Waals surface area contributed by atoms with E-state index in [9.17, 15) is 13.2 Å². The SMILES string of the molecule is CC(C)c1cccc2sc(N(Cc3cccnc3)C(=O)c3ccc(S(=O)(=O)N4CCCCCC4)cc3)nc12. The van der Waals surface area contributed by atoms with Crippen LogP contribution in [0.3, 0.4) is 0 Å². The van der Waals surface area contributed by atoms with Gasteiger partial charge in [0.2, 0.25) is 10.0 Å². The number of hydrogen-bond acceptors (Lipinski definition) is 6. The number of rotatable bonds is 7. The molecular weight excluding hydrogens is 516 g/mol. The van der Waals surface area contributed by atoms with Crippen molar-refractivity contribution in [2.45, 2.75) is 56.9 Å². The van der Waals surface area contributed by atoms with Crippen LogP contribution in [0.15, 0.2) is 71.9 Å². The molecule has 2 aromatic heterocycles. The van der Waals surface area contributed by atoms with E-state index in [0.717, 1.165) is 47.0 Å². The molecule has 198 valence electrons. The molecule has 3 heterocycles. The van der Waals surface area contributed by atoms with Crippen molar-refractivity contribution in [3.05, 3.63) is 83.7 Å². The minimum atomic E-state index is -3.59. The van der Waals surface area contributed by atoms with Crippen LogP contribution in [0, 0.1) is 0 Å². The Hall–Kier alpha value is -3.14. The van der Waals surface area contributed by atoms with Crippen LogP contribution in [0.1, 0.15) is 66.9 Å². The summed E-state index contributed by atoms with van der Waals surface area (Å²) in [5, 5.41) is 0.600. The average Bonchev–Trinajstić information content (AvgIpc) is 3.16. The third kappa shape index (κ3) is 5.50. The molecule has 1 fully saturated rings. The molecule has 0 saturated carbocycles. The van der Waals surface area contributed by atoms with Crippen molar-refractivity contribution < 1.29 is 13.2 Å². The first-order valence-electron chi connectivity index (χ1n) is 13.0. The van der Waals surface area contributed by atoms with E-state index >= 15 is 0 Å². The summed E-state index contributed by atoms with van der Waals surface area (Å²) in [6, 6.07) is 16.2. The largest absolute Gasteiger partial charge is 0.279 e. The molecule has 0 bridgehead atoms. The summed E-state index contributed by atoms with van der Waals surface area (Å²) in [6.07, 6.45) is 7.29. The summed E-state index contributed by atoms with van der Waals surface area (Å²) in [6.45, 7) is 5.65. The van der Waals surface area contributed by atoms with Gasteiger partial charge in [0.15, 0.2) is 5.13 Å². The zero-order valence-electron chi connectivity index (χ0n) is 21.7. The summed E-state index contributed by atoms with van der Waals surface area (Å²) >= 11 is 1.48. The molecule has 9 heteroatoms. The summed E-state index contributed by atoms with van der Waals surface area (Å²) in [5.74, 6) is 0.0625. The van der Waals surface area contributed by atoms with Gasteiger partial charge in [0.1, 0.15) is 0 Å². The molecule has 0 radical (unpaired) electrons. The molecule has 0 unspecified atom stereocenters. The fraction of sp³-hybridized carbons (Fsp3) is 0.345. The van der Waals surface area contributed by atoms with Gasteiger partial charge in [-0.05, 0) is 66.3 Å². The summed E-state index contributed by atoms with van der Waals surface area (Å²) < 4.78 is 29.0. The topological polar surface area (TPSA) is 83.5 Å². The quantitative estimate of drug-likeness (QED) is 0.274. The van der Waals surface area contributed by atoms with Crippen LogP contribution in [0.2, 0.25) is 0 Å². The Kier molecular flexibility index (Phi) is 7.88. The molecular formula is C29H32N4O3S2. The van der Waals surface area contributed by atoms with Crippen LogP contribution in [0.5, 0.6) is 0 Å². The second kappa shape index (κ2) is 11.3. The third-order valence-corrected chi connectivity index (χ3v) is 9.86. The summed E-state index contributed by atoms with van der Waals surface area (Å²) in [5.41, 5.74) is 3.34. The maximum absolute atomic E-state index is 13.9. The molecule has 1 aliphatic heterocycles. The zero-order chi connectivity index (χ0) is 26.7. The molecule has 0 N–H and O–H groups in total. The second-order valence-electron chi connectivity index (χ2n) is 9.94. The lowest BCUT2D eigenvalue weighted by atomic mass is 10.0. The third-order valence-electron chi connectivity index (χ3n) is 6.90. The summed E-state index contributed by atoms with van der Waals surface area (Å²) in [4.78, 5) is 24.9. The summed E-state index contributed by atoms with van der Waals surface area (Å²) in [7, 11) is -3.59. The number of hydrogen-bond donors (Lipinski definition) is 0. The van der Waals surface area contributed by atoms with Gasteiger partial charge in [-0.3, -0.25) is 14.7 Å². The standard InChI is InChI=1S/C29H32N4O3S2/c1-21(2)25-10-7-11-26-27(25)31-29(37-26)33(20-22-9-8-16-30-19-22)28(34)23-12-14-24(15-13-23)38(35,36)32-17-5-3-4-6-18-32/h7-16,19,21H,3-6,17-18,20H2,1-2H3. The maximum atomic E-state index is 13.9. The molecule has 1 saturated heterocycles. The van der Waals surface area contributed by atoms with Crippen molar-refractivity contribution in [1.29, 1.82) is 0 Å². The number of pyridine rings is 1. The van der Waals surface area contributed by atoms with Crippen molar-refractivity contribution in [2.24, 2.45) is 0 Å². The van der Waals surface area contributed by atoms with E-state index < -0.39 is 10.0 Å². The van der Waals surface area contributed by atoms with E-state index in [0.29, 0.717) is 36.2 Å². The number of amides is 1. The maximum Gasteiger partial charge on any atom is 0.260 e. The van der Waals surface area contributed by atoms with Crippen molar-refractivity contribution in [2.75, 3.05) is 18.0 Å². The van der Waals surface area contributed by atoms with Crippen LogP contribution in [-0.4, -0.2) is 41.7 Å². The van der Waals surface area contributed by atoms with E-state index in [2.05, 4.69) is 24.9 Å². The molecule has 4 aromatic rings. The van der Waals surface area contributed by atoms with Gasteiger partial charge in [-0.25, -0.2) is 13.4 Å². The normalized spacial score (nSPS) is 15.0. The van der Waals surface area contributed by atoms with Gasteiger partial charge in [0.25, 0.3) is 5.91 Å². The van der Waals surface area contributed by atoms with Crippen molar-refractivity contribution in [1.82, 2.24) is 14.3 Å². The monoisotopic (exact) mass is 548 g/mol. The van der Waals surface area contributed by atoms with E-state index in [1.807, 2.05) is 24.3 Å². The Bertz CT molecular complexity index is 1510. The first-order chi connectivity index (χ1) is 18.3. The Morgan fingerprint density at radius 3 is 2.39 bits per heavy atom. The van der Waals surface area contributed by atoms with Crippen LogP contribution < -0.4 is 4.90 Å². The Balaban J connectivity index is 1.48. The number of thiazole rings is 1. The van der Waals surface area contributed by atoms with Crippen LogP contribution >= 0.6 is 11.3 Å². The molecule has 5 rings (SSSR count). The Morgan fingerprint density at radius 2 is 1.74 bits per heavy atom. The Labute approximate surface area is 228 Å². The van der Waals surface area contributed by atoms with Crippen molar-refractivity contribution in [3.8, 4) is 0 Å². The van der Waals surface area contributed by atoms with Crippen LogP contribution in [0.25, 0.3) is 10.2 Å². The van der Waals surface area contributed by atoms with Gasteiger partial charge in [-0.1, -0.05) is 56.2 Å². The van der Waals surface area contributed by atoms with Crippen molar-refractivity contribution >= 4 is 42.6 Å². The van der Waals surface area contributed by atoms with Crippen LogP contribution in [-0.2, 0) is 16.6 Å². The Morgan fingerprint density at radius 1 is 1.00 bits per heavy atom. The van der Waals surface area contributed by atoms with Gasteiger partial charge in [0, 0.05) is 31.0 Å². The minimum Gasteiger partial charge on any atom is -0.279 e. The molecule has 0 atom stereocenters. The van der Waals surface area contributed by atoms with Gasteiger partial charge < -0.3 is 0 Å².